The molecule has 4 nitrogen and oxygen atoms in total. The minimum atomic E-state index is -0.594. The lowest BCUT2D eigenvalue weighted by Gasteiger charge is -2.27. The summed E-state index contributed by atoms with van der Waals surface area (Å²) in [5, 5.41) is 9.96. The fraction of sp³-hybridized carbons (Fsp3) is 0.647. The molecule has 0 bridgehead atoms. The van der Waals surface area contributed by atoms with Gasteiger partial charge in [-0.15, -0.1) is 0 Å². The first-order chi connectivity index (χ1) is 10.2. The predicted octanol–water partition coefficient (Wildman–Crippen LogP) is 2.48. The average Bonchev–Trinajstić information content (AvgIpc) is 2.51. The number of rotatable bonds is 7. The van der Waals surface area contributed by atoms with Gasteiger partial charge < -0.3 is 20.3 Å². The first-order valence-corrected chi connectivity index (χ1v) is 7.89. The van der Waals surface area contributed by atoms with Crippen molar-refractivity contribution in [3.05, 3.63) is 29.8 Å². The Hall–Kier alpha value is -1.10. The molecule has 1 aliphatic carbocycles. The Morgan fingerprint density at radius 1 is 1.33 bits per heavy atom. The Labute approximate surface area is 127 Å². The van der Waals surface area contributed by atoms with Crippen LogP contribution in [0.4, 0.5) is 0 Å². The van der Waals surface area contributed by atoms with Gasteiger partial charge in [-0.25, -0.2) is 0 Å². The summed E-state index contributed by atoms with van der Waals surface area (Å²) in [6, 6.07) is 7.63. The molecule has 2 rings (SSSR count). The van der Waals surface area contributed by atoms with Crippen molar-refractivity contribution in [2.75, 3.05) is 13.2 Å². The summed E-state index contributed by atoms with van der Waals surface area (Å²) in [4.78, 5) is 0. The number of aliphatic hydroxyl groups excluding tert-OH is 1. The number of benzene rings is 1. The third-order valence-corrected chi connectivity index (χ3v) is 3.99. The van der Waals surface area contributed by atoms with E-state index in [2.05, 4.69) is 6.92 Å². The Morgan fingerprint density at radius 3 is 2.95 bits per heavy atom. The number of hydrogen-bond acceptors (Lipinski definition) is 4. The summed E-state index contributed by atoms with van der Waals surface area (Å²) in [6.07, 6.45) is 4.43. The standard InChI is InChI=1S/C17H27NO3/c1-13-4-2-6-16(8-13)20-11-15(19)12-21-17-7-3-5-14(9-17)10-18/h3,5,7,9,13,15-16,19H,2,4,6,8,10-12,18H2,1H3. The molecular formula is C17H27NO3. The average molecular weight is 293 g/mol. The van der Waals surface area contributed by atoms with Gasteiger partial charge in [-0.3, -0.25) is 0 Å². The third kappa shape index (κ3) is 5.65. The Kier molecular flexibility index (Phi) is 6.49. The molecule has 0 radical (unpaired) electrons. The van der Waals surface area contributed by atoms with Crippen molar-refractivity contribution in [3.63, 3.8) is 0 Å². The first-order valence-electron chi connectivity index (χ1n) is 7.89. The normalized spacial score (nSPS) is 23.8. The van der Waals surface area contributed by atoms with E-state index < -0.39 is 6.10 Å². The second-order valence-electron chi connectivity index (χ2n) is 6.04. The van der Waals surface area contributed by atoms with Crippen molar-refractivity contribution < 1.29 is 14.6 Å². The van der Waals surface area contributed by atoms with Crippen LogP contribution in [0.5, 0.6) is 5.75 Å². The van der Waals surface area contributed by atoms with Gasteiger partial charge in [0, 0.05) is 6.54 Å². The quantitative estimate of drug-likeness (QED) is 0.810. The maximum atomic E-state index is 9.96. The zero-order valence-corrected chi connectivity index (χ0v) is 12.8. The Morgan fingerprint density at radius 2 is 2.19 bits per heavy atom. The number of hydrogen-bond donors (Lipinski definition) is 2. The summed E-state index contributed by atoms with van der Waals surface area (Å²) < 4.78 is 11.4. The van der Waals surface area contributed by atoms with E-state index in [0.717, 1.165) is 30.1 Å². The maximum absolute atomic E-state index is 9.96. The van der Waals surface area contributed by atoms with Crippen LogP contribution in [0.1, 0.15) is 38.2 Å². The summed E-state index contributed by atoms with van der Waals surface area (Å²) in [5.74, 6) is 1.47. The molecule has 4 heteroatoms. The highest BCUT2D eigenvalue weighted by Crippen LogP contribution is 2.25. The highest BCUT2D eigenvalue weighted by atomic mass is 16.5. The largest absolute Gasteiger partial charge is 0.491 e. The highest BCUT2D eigenvalue weighted by molar-refractivity contribution is 5.28. The first kappa shape index (κ1) is 16.3. The smallest absolute Gasteiger partial charge is 0.119 e. The Balaban J connectivity index is 1.68. The lowest BCUT2D eigenvalue weighted by atomic mass is 9.89. The van der Waals surface area contributed by atoms with Crippen molar-refractivity contribution in [3.8, 4) is 5.75 Å². The number of aliphatic hydroxyl groups is 1. The molecule has 0 saturated heterocycles. The molecular weight excluding hydrogens is 266 g/mol. The van der Waals surface area contributed by atoms with Crippen LogP contribution >= 0.6 is 0 Å². The van der Waals surface area contributed by atoms with Gasteiger partial charge in [0.15, 0.2) is 0 Å². The number of nitrogens with two attached hydrogens (primary N) is 1. The topological polar surface area (TPSA) is 64.7 Å². The van der Waals surface area contributed by atoms with Crippen LogP contribution in [-0.2, 0) is 11.3 Å². The monoisotopic (exact) mass is 293 g/mol. The van der Waals surface area contributed by atoms with Gasteiger partial charge in [-0.1, -0.05) is 31.9 Å². The van der Waals surface area contributed by atoms with Crippen LogP contribution in [0.15, 0.2) is 24.3 Å². The minimum absolute atomic E-state index is 0.246. The van der Waals surface area contributed by atoms with Gasteiger partial charge in [-0.2, -0.15) is 0 Å². The molecule has 0 spiro atoms. The van der Waals surface area contributed by atoms with Gasteiger partial charge in [0.2, 0.25) is 0 Å². The molecule has 1 saturated carbocycles. The minimum Gasteiger partial charge on any atom is -0.491 e. The molecule has 118 valence electrons. The summed E-state index contributed by atoms with van der Waals surface area (Å²) in [7, 11) is 0. The van der Waals surface area contributed by atoms with Crippen LogP contribution in [0.25, 0.3) is 0 Å². The lowest BCUT2D eigenvalue weighted by Crippen LogP contribution is -2.29. The van der Waals surface area contributed by atoms with E-state index in [4.69, 9.17) is 15.2 Å². The molecule has 0 amide bonds. The lowest BCUT2D eigenvalue weighted by molar-refractivity contribution is -0.0426. The SMILES string of the molecule is CC1CCCC(OCC(O)COc2cccc(CN)c2)C1. The molecule has 1 aliphatic rings. The fourth-order valence-corrected chi connectivity index (χ4v) is 2.78. The fourth-order valence-electron chi connectivity index (χ4n) is 2.78. The van der Waals surface area contributed by atoms with E-state index in [1.165, 1.54) is 12.8 Å². The van der Waals surface area contributed by atoms with Gasteiger partial charge >= 0.3 is 0 Å². The molecule has 0 heterocycles. The van der Waals surface area contributed by atoms with Gasteiger partial charge in [-0.05, 0) is 36.5 Å². The van der Waals surface area contributed by atoms with Crippen LogP contribution in [0.3, 0.4) is 0 Å². The predicted molar refractivity (Wildman–Crippen MR) is 83.2 cm³/mol. The van der Waals surface area contributed by atoms with Gasteiger partial charge in [0.1, 0.15) is 18.5 Å². The molecule has 1 fully saturated rings. The maximum Gasteiger partial charge on any atom is 0.119 e. The van der Waals surface area contributed by atoms with Crippen molar-refractivity contribution in [1.29, 1.82) is 0 Å². The van der Waals surface area contributed by atoms with Crippen LogP contribution in [0.2, 0.25) is 0 Å². The van der Waals surface area contributed by atoms with Gasteiger partial charge in [0.25, 0.3) is 0 Å². The summed E-state index contributed by atoms with van der Waals surface area (Å²) in [5.41, 5.74) is 6.61. The third-order valence-electron chi connectivity index (χ3n) is 3.99. The van der Waals surface area contributed by atoms with Crippen molar-refractivity contribution >= 4 is 0 Å². The van der Waals surface area contributed by atoms with Crippen molar-refractivity contribution in [2.24, 2.45) is 11.7 Å². The van der Waals surface area contributed by atoms with Gasteiger partial charge in [0.05, 0.1) is 12.7 Å². The van der Waals surface area contributed by atoms with E-state index in [0.29, 0.717) is 19.3 Å². The number of ether oxygens (including phenoxy) is 2. The summed E-state index contributed by atoms with van der Waals surface area (Å²) in [6.45, 7) is 3.34. The highest BCUT2D eigenvalue weighted by Gasteiger charge is 2.20. The Bertz CT molecular complexity index is 424. The molecule has 0 aromatic heterocycles. The second kappa shape index (κ2) is 8.37. The van der Waals surface area contributed by atoms with Crippen molar-refractivity contribution in [1.82, 2.24) is 0 Å². The molecule has 0 aliphatic heterocycles. The molecule has 3 atom stereocenters. The van der Waals surface area contributed by atoms with Crippen LogP contribution in [-0.4, -0.2) is 30.5 Å². The second-order valence-corrected chi connectivity index (χ2v) is 6.04. The van der Waals surface area contributed by atoms with E-state index in [1.54, 1.807) is 0 Å². The van der Waals surface area contributed by atoms with Crippen LogP contribution < -0.4 is 10.5 Å². The van der Waals surface area contributed by atoms with E-state index >= 15 is 0 Å². The van der Waals surface area contributed by atoms with E-state index in [-0.39, 0.29) is 6.61 Å². The zero-order valence-electron chi connectivity index (χ0n) is 12.8. The van der Waals surface area contributed by atoms with E-state index in [1.807, 2.05) is 24.3 Å². The van der Waals surface area contributed by atoms with E-state index in [9.17, 15) is 5.11 Å². The molecule has 1 aromatic carbocycles. The molecule has 21 heavy (non-hydrogen) atoms. The van der Waals surface area contributed by atoms with Crippen LogP contribution in [0, 0.1) is 5.92 Å². The molecule has 3 unspecified atom stereocenters. The summed E-state index contributed by atoms with van der Waals surface area (Å²) >= 11 is 0. The molecule has 3 N–H and O–H groups in total. The van der Waals surface area contributed by atoms with Crippen molar-refractivity contribution in [2.45, 2.75) is 51.4 Å². The molecule has 1 aromatic rings. The zero-order chi connectivity index (χ0) is 15.1.